The first-order chi connectivity index (χ1) is 16.2. The van der Waals surface area contributed by atoms with E-state index in [2.05, 4.69) is 10.6 Å². The molecule has 0 saturated heterocycles. The monoisotopic (exact) mass is 465 g/mol. The molecule has 0 bridgehead atoms. The fraction of sp³-hybridized carbons (Fsp3) is 0.385. The fourth-order valence-electron chi connectivity index (χ4n) is 4.02. The smallest absolute Gasteiger partial charge is 0.320 e. The van der Waals surface area contributed by atoms with E-state index >= 15 is 0 Å². The molecular formula is C26H31N3O5. The molecule has 0 spiro atoms. The summed E-state index contributed by atoms with van der Waals surface area (Å²) in [6.45, 7) is 6.02. The van der Waals surface area contributed by atoms with Crippen molar-refractivity contribution in [2.45, 2.75) is 52.2 Å². The molecule has 0 saturated carbocycles. The van der Waals surface area contributed by atoms with Crippen molar-refractivity contribution in [3.8, 4) is 0 Å². The van der Waals surface area contributed by atoms with Crippen molar-refractivity contribution in [3.63, 3.8) is 0 Å². The zero-order valence-electron chi connectivity index (χ0n) is 19.7. The Labute approximate surface area is 199 Å². The van der Waals surface area contributed by atoms with Gasteiger partial charge in [0.1, 0.15) is 6.04 Å². The summed E-state index contributed by atoms with van der Waals surface area (Å²) in [6.07, 6.45) is 0.428. The Balaban J connectivity index is 1.65. The number of hydrogen-bond donors (Lipinski definition) is 3. The molecule has 1 aliphatic rings. The molecule has 1 heterocycles. The third kappa shape index (κ3) is 6.08. The number of benzene rings is 2. The van der Waals surface area contributed by atoms with Crippen LogP contribution in [0.4, 0.5) is 0 Å². The van der Waals surface area contributed by atoms with E-state index in [9.17, 15) is 24.3 Å². The molecule has 0 radical (unpaired) electrons. The number of carboxylic acids is 1. The van der Waals surface area contributed by atoms with Gasteiger partial charge in [-0.15, -0.1) is 0 Å². The first kappa shape index (κ1) is 25.1. The van der Waals surface area contributed by atoms with Crippen LogP contribution in [0.15, 0.2) is 48.5 Å². The number of fused-ring (bicyclic) bond motifs is 1. The highest BCUT2D eigenvalue weighted by Crippen LogP contribution is 2.24. The molecule has 8 heteroatoms. The molecule has 3 amide bonds. The lowest BCUT2D eigenvalue weighted by molar-refractivity contribution is -0.140. The molecule has 2 atom stereocenters. The van der Waals surface area contributed by atoms with Crippen LogP contribution in [0.3, 0.4) is 0 Å². The van der Waals surface area contributed by atoms with Gasteiger partial charge in [0.05, 0.1) is 17.2 Å². The topological polar surface area (TPSA) is 116 Å². The third-order valence-electron chi connectivity index (χ3n) is 5.80. The minimum Gasteiger partial charge on any atom is -0.480 e. The summed E-state index contributed by atoms with van der Waals surface area (Å²) >= 11 is 0. The van der Waals surface area contributed by atoms with Crippen molar-refractivity contribution in [1.82, 2.24) is 15.5 Å². The molecule has 0 aromatic heterocycles. The first-order valence-electron chi connectivity index (χ1n) is 11.4. The van der Waals surface area contributed by atoms with Crippen molar-refractivity contribution in [1.29, 1.82) is 0 Å². The Morgan fingerprint density at radius 2 is 1.65 bits per heavy atom. The van der Waals surface area contributed by atoms with Crippen molar-refractivity contribution in [3.05, 3.63) is 70.8 Å². The van der Waals surface area contributed by atoms with Crippen LogP contribution in [0, 0.1) is 12.8 Å². The molecule has 0 fully saturated rings. The number of nitrogens with zero attached hydrogens (tertiary/aromatic N) is 1. The summed E-state index contributed by atoms with van der Waals surface area (Å²) in [7, 11) is 0. The highest BCUT2D eigenvalue weighted by atomic mass is 16.4. The summed E-state index contributed by atoms with van der Waals surface area (Å²) in [5.41, 5.74) is 2.47. The maximum atomic E-state index is 12.9. The standard InChI is InChI=1S/C26H31N3O5/c1-16(2)13-22(23(30)27-15-18-7-5-4-6-8-18)28-21(26(33)34)11-12-29-24(31)19-10-9-17(3)14-20(19)25(29)32/h4-10,14,16,21-22,28H,11-13,15H2,1-3H3,(H,27,30)(H,33,34)/t21?,22-/m1/s1. The number of hydrogen-bond acceptors (Lipinski definition) is 5. The lowest BCUT2D eigenvalue weighted by atomic mass is 10.0. The average Bonchev–Trinajstić information content (AvgIpc) is 3.03. The Hall–Kier alpha value is -3.52. The van der Waals surface area contributed by atoms with Crippen molar-refractivity contribution < 1.29 is 24.3 Å². The van der Waals surface area contributed by atoms with Crippen molar-refractivity contribution >= 4 is 23.7 Å². The van der Waals surface area contributed by atoms with E-state index in [1.165, 1.54) is 0 Å². The van der Waals surface area contributed by atoms with E-state index in [1.54, 1.807) is 18.2 Å². The average molecular weight is 466 g/mol. The second kappa shape index (κ2) is 11.1. The van der Waals surface area contributed by atoms with Crippen LogP contribution in [0.1, 0.15) is 58.5 Å². The van der Waals surface area contributed by atoms with Gasteiger partial charge in [-0.05, 0) is 43.4 Å². The predicted molar refractivity (Wildman–Crippen MR) is 127 cm³/mol. The Bertz CT molecular complexity index is 1070. The van der Waals surface area contributed by atoms with Crippen molar-refractivity contribution in [2.24, 2.45) is 5.92 Å². The number of nitrogens with one attached hydrogen (secondary N) is 2. The highest BCUT2D eigenvalue weighted by molar-refractivity contribution is 6.21. The largest absolute Gasteiger partial charge is 0.480 e. The molecule has 8 nitrogen and oxygen atoms in total. The van der Waals surface area contributed by atoms with E-state index in [4.69, 9.17) is 0 Å². The van der Waals surface area contributed by atoms with E-state index in [0.717, 1.165) is 16.0 Å². The van der Waals surface area contributed by atoms with Crippen LogP contribution >= 0.6 is 0 Å². The molecule has 1 unspecified atom stereocenters. The Kier molecular flexibility index (Phi) is 8.17. The predicted octanol–water partition coefficient (Wildman–Crippen LogP) is 2.76. The first-order valence-corrected chi connectivity index (χ1v) is 11.4. The second-order valence-electron chi connectivity index (χ2n) is 9.04. The summed E-state index contributed by atoms with van der Waals surface area (Å²) in [4.78, 5) is 51.3. The highest BCUT2D eigenvalue weighted by Gasteiger charge is 2.36. The molecule has 3 rings (SSSR count). The third-order valence-corrected chi connectivity index (χ3v) is 5.80. The minimum atomic E-state index is -1.14. The molecule has 34 heavy (non-hydrogen) atoms. The Morgan fingerprint density at radius 3 is 2.29 bits per heavy atom. The fourth-order valence-corrected chi connectivity index (χ4v) is 4.02. The second-order valence-corrected chi connectivity index (χ2v) is 9.04. The quantitative estimate of drug-likeness (QED) is 0.440. The number of rotatable bonds is 11. The van der Waals surface area contributed by atoms with Crippen LogP contribution in [-0.4, -0.2) is 52.3 Å². The maximum absolute atomic E-state index is 12.9. The SMILES string of the molecule is Cc1ccc2c(c1)C(=O)N(CCC(N[C@H](CC(C)C)C(=O)NCc1ccccc1)C(=O)O)C2=O. The number of amides is 3. The molecule has 0 aliphatic carbocycles. The normalized spacial score (nSPS) is 14.8. The van der Waals surface area contributed by atoms with Gasteiger partial charge in [-0.3, -0.25) is 29.4 Å². The van der Waals surface area contributed by atoms with Gasteiger partial charge in [0.15, 0.2) is 0 Å². The summed E-state index contributed by atoms with van der Waals surface area (Å²) in [6, 6.07) is 12.7. The van der Waals surface area contributed by atoms with Gasteiger partial charge in [-0.1, -0.05) is 55.8 Å². The van der Waals surface area contributed by atoms with Crippen LogP contribution in [0.25, 0.3) is 0 Å². The van der Waals surface area contributed by atoms with Gasteiger partial charge in [0.25, 0.3) is 11.8 Å². The van der Waals surface area contributed by atoms with Gasteiger partial charge in [0, 0.05) is 13.1 Å². The van der Waals surface area contributed by atoms with E-state index < -0.39 is 29.9 Å². The molecule has 3 N–H and O–H groups in total. The summed E-state index contributed by atoms with van der Waals surface area (Å²) in [5.74, 6) is -2.14. The van der Waals surface area contributed by atoms with Crippen molar-refractivity contribution in [2.75, 3.05) is 6.54 Å². The molecule has 180 valence electrons. The number of aryl methyl sites for hydroxylation is 1. The minimum absolute atomic E-state index is 0.0135. The lowest BCUT2D eigenvalue weighted by Gasteiger charge is -2.25. The number of imide groups is 1. The summed E-state index contributed by atoms with van der Waals surface area (Å²) < 4.78 is 0. The number of carbonyl (C=O) groups excluding carboxylic acids is 3. The maximum Gasteiger partial charge on any atom is 0.320 e. The number of carbonyl (C=O) groups is 4. The number of carboxylic acid groups (broad SMARTS) is 1. The van der Waals surface area contributed by atoms with Gasteiger partial charge >= 0.3 is 5.97 Å². The number of aliphatic carboxylic acids is 1. The van der Waals surface area contributed by atoms with E-state index in [-0.39, 0.29) is 24.8 Å². The van der Waals surface area contributed by atoms with Crippen LogP contribution in [0.5, 0.6) is 0 Å². The van der Waals surface area contributed by atoms with Gasteiger partial charge in [-0.2, -0.15) is 0 Å². The Morgan fingerprint density at radius 1 is 0.971 bits per heavy atom. The molecule has 2 aromatic carbocycles. The summed E-state index contributed by atoms with van der Waals surface area (Å²) in [5, 5.41) is 15.6. The zero-order chi connectivity index (χ0) is 24.8. The molecule has 2 aromatic rings. The van der Waals surface area contributed by atoms with Crippen LogP contribution in [-0.2, 0) is 16.1 Å². The van der Waals surface area contributed by atoms with E-state index in [1.807, 2.05) is 51.1 Å². The van der Waals surface area contributed by atoms with E-state index in [0.29, 0.717) is 24.1 Å². The van der Waals surface area contributed by atoms with Crippen LogP contribution < -0.4 is 10.6 Å². The molecule has 1 aliphatic heterocycles. The van der Waals surface area contributed by atoms with Gasteiger partial charge < -0.3 is 10.4 Å². The van der Waals surface area contributed by atoms with Crippen LogP contribution in [0.2, 0.25) is 0 Å². The zero-order valence-corrected chi connectivity index (χ0v) is 19.7. The van der Waals surface area contributed by atoms with Gasteiger partial charge in [-0.25, -0.2) is 0 Å². The van der Waals surface area contributed by atoms with Gasteiger partial charge in [0.2, 0.25) is 5.91 Å². The molecular weight excluding hydrogens is 434 g/mol. The lowest BCUT2D eigenvalue weighted by Crippen LogP contribution is -2.52.